The van der Waals surface area contributed by atoms with Gasteiger partial charge in [-0.05, 0) is 0 Å². The van der Waals surface area contributed by atoms with Crippen LogP contribution in [0.3, 0.4) is 0 Å². The van der Waals surface area contributed by atoms with E-state index in [0.29, 0.717) is 0 Å². The fourth-order valence-electron chi connectivity index (χ4n) is 0.238. The SMILES string of the molecule is O=C(CCl)NCC[O-]. The van der Waals surface area contributed by atoms with E-state index < -0.39 is 0 Å². The minimum atomic E-state index is -0.289. The maximum Gasteiger partial charge on any atom is 0.234 e. The molecule has 0 aliphatic rings. The second kappa shape index (κ2) is 4.87. The topological polar surface area (TPSA) is 52.2 Å². The van der Waals surface area contributed by atoms with Gasteiger partial charge in [0.15, 0.2) is 0 Å². The van der Waals surface area contributed by atoms with E-state index in [-0.39, 0.29) is 24.9 Å². The molecule has 0 aromatic heterocycles. The van der Waals surface area contributed by atoms with Crippen molar-refractivity contribution in [2.45, 2.75) is 0 Å². The molecule has 0 radical (unpaired) electrons. The van der Waals surface area contributed by atoms with Crippen molar-refractivity contribution in [1.29, 1.82) is 0 Å². The van der Waals surface area contributed by atoms with Gasteiger partial charge in [0.1, 0.15) is 5.88 Å². The molecule has 1 amide bonds. The zero-order valence-electron chi connectivity index (χ0n) is 4.32. The summed E-state index contributed by atoms with van der Waals surface area (Å²) >= 11 is 5.07. The molecule has 0 bridgehead atoms. The third-order valence-electron chi connectivity index (χ3n) is 0.546. The van der Waals surface area contributed by atoms with Gasteiger partial charge in [0, 0.05) is 6.54 Å². The summed E-state index contributed by atoms with van der Waals surface area (Å²) < 4.78 is 0. The standard InChI is InChI=1S/C4H7ClNO2/c5-3-4(8)6-1-2-7/h1-3H2,(H,6,8)/q-1. The summed E-state index contributed by atoms with van der Waals surface area (Å²) in [7, 11) is 0. The van der Waals surface area contributed by atoms with E-state index in [2.05, 4.69) is 5.32 Å². The predicted octanol–water partition coefficient (Wildman–Crippen LogP) is -1.30. The van der Waals surface area contributed by atoms with Crippen molar-refractivity contribution in [2.75, 3.05) is 19.0 Å². The van der Waals surface area contributed by atoms with E-state index in [1.165, 1.54) is 0 Å². The van der Waals surface area contributed by atoms with Crippen molar-refractivity contribution >= 4 is 17.5 Å². The maximum absolute atomic E-state index is 10.2. The van der Waals surface area contributed by atoms with Gasteiger partial charge in [0.2, 0.25) is 5.91 Å². The molecule has 48 valence electrons. The van der Waals surface area contributed by atoms with Gasteiger partial charge in [-0.3, -0.25) is 4.79 Å². The van der Waals surface area contributed by atoms with Gasteiger partial charge in [-0.2, -0.15) is 0 Å². The molecule has 1 N–H and O–H groups in total. The van der Waals surface area contributed by atoms with Crippen molar-refractivity contribution in [3.63, 3.8) is 0 Å². The molecule has 0 spiro atoms. The lowest BCUT2D eigenvalue weighted by molar-refractivity contribution is -0.364. The smallest absolute Gasteiger partial charge is 0.234 e. The first kappa shape index (κ1) is 7.72. The lowest BCUT2D eigenvalue weighted by Gasteiger charge is -2.02. The van der Waals surface area contributed by atoms with Crippen LogP contribution in [0.1, 0.15) is 0 Å². The highest BCUT2D eigenvalue weighted by Crippen LogP contribution is 1.70. The minimum absolute atomic E-state index is 0.0694. The molecular formula is C4H7ClNO2-. The summed E-state index contributed by atoms with van der Waals surface area (Å²) in [4.78, 5) is 10.2. The monoisotopic (exact) mass is 136 g/mol. The van der Waals surface area contributed by atoms with E-state index in [4.69, 9.17) is 11.6 Å². The zero-order chi connectivity index (χ0) is 6.41. The molecule has 0 saturated carbocycles. The fourth-order valence-corrected chi connectivity index (χ4v) is 0.332. The van der Waals surface area contributed by atoms with Crippen molar-refractivity contribution < 1.29 is 9.90 Å². The Morgan fingerprint density at radius 2 is 2.38 bits per heavy atom. The van der Waals surface area contributed by atoms with Gasteiger partial charge < -0.3 is 10.4 Å². The Morgan fingerprint density at radius 3 is 2.75 bits per heavy atom. The molecule has 0 heterocycles. The lowest BCUT2D eigenvalue weighted by Crippen LogP contribution is -2.31. The summed E-state index contributed by atoms with van der Waals surface area (Å²) in [5.41, 5.74) is 0. The molecule has 0 rings (SSSR count). The fraction of sp³-hybridized carbons (Fsp3) is 0.750. The van der Waals surface area contributed by atoms with Crippen molar-refractivity contribution in [3.05, 3.63) is 0 Å². The van der Waals surface area contributed by atoms with Gasteiger partial charge in [-0.1, -0.05) is 0 Å². The molecule has 0 aliphatic heterocycles. The first-order valence-electron chi connectivity index (χ1n) is 2.22. The van der Waals surface area contributed by atoms with E-state index in [1.807, 2.05) is 0 Å². The number of rotatable bonds is 3. The van der Waals surface area contributed by atoms with Crippen LogP contribution in [0.15, 0.2) is 0 Å². The second-order valence-electron chi connectivity index (χ2n) is 1.19. The number of hydrogen-bond donors (Lipinski definition) is 1. The minimum Gasteiger partial charge on any atom is -0.853 e. The average molecular weight is 137 g/mol. The van der Waals surface area contributed by atoms with E-state index in [0.717, 1.165) is 0 Å². The summed E-state index contributed by atoms with van der Waals surface area (Å²) in [5, 5.41) is 12.0. The Hall–Kier alpha value is -0.280. The highest BCUT2D eigenvalue weighted by Gasteiger charge is 1.91. The normalized spacial score (nSPS) is 8.75. The summed E-state index contributed by atoms with van der Waals surface area (Å²) in [6.07, 6.45) is 0. The van der Waals surface area contributed by atoms with Crippen LogP contribution in [0.2, 0.25) is 0 Å². The average Bonchev–Trinajstić information content (AvgIpc) is 1.83. The van der Waals surface area contributed by atoms with E-state index >= 15 is 0 Å². The highest BCUT2D eigenvalue weighted by atomic mass is 35.5. The summed E-state index contributed by atoms with van der Waals surface area (Å²) in [6.45, 7) is -0.117. The molecular weight excluding hydrogens is 130 g/mol. The van der Waals surface area contributed by atoms with Crippen molar-refractivity contribution in [1.82, 2.24) is 5.32 Å². The highest BCUT2D eigenvalue weighted by molar-refractivity contribution is 6.27. The van der Waals surface area contributed by atoms with Gasteiger partial charge in [-0.25, -0.2) is 0 Å². The lowest BCUT2D eigenvalue weighted by atomic mass is 10.6. The van der Waals surface area contributed by atoms with Crippen molar-refractivity contribution in [3.8, 4) is 0 Å². The summed E-state index contributed by atoms with van der Waals surface area (Å²) in [5.74, 6) is -0.359. The molecule has 0 fully saturated rings. The largest absolute Gasteiger partial charge is 0.853 e. The number of amides is 1. The zero-order valence-corrected chi connectivity index (χ0v) is 5.07. The number of carbonyl (C=O) groups excluding carboxylic acids is 1. The molecule has 0 aromatic rings. The van der Waals surface area contributed by atoms with Gasteiger partial charge in [0.25, 0.3) is 0 Å². The molecule has 0 unspecified atom stereocenters. The summed E-state index contributed by atoms with van der Waals surface area (Å²) in [6, 6.07) is 0. The van der Waals surface area contributed by atoms with Crippen LogP contribution in [0.4, 0.5) is 0 Å². The third kappa shape index (κ3) is 3.89. The number of alkyl halides is 1. The van der Waals surface area contributed by atoms with Crippen LogP contribution < -0.4 is 10.4 Å². The van der Waals surface area contributed by atoms with Crippen molar-refractivity contribution in [2.24, 2.45) is 0 Å². The second-order valence-corrected chi connectivity index (χ2v) is 1.45. The third-order valence-corrected chi connectivity index (χ3v) is 0.788. The Morgan fingerprint density at radius 1 is 1.75 bits per heavy atom. The quantitative estimate of drug-likeness (QED) is 0.491. The molecule has 8 heavy (non-hydrogen) atoms. The molecule has 0 saturated heterocycles. The Kier molecular flexibility index (Phi) is 4.70. The number of carbonyl (C=O) groups is 1. The Balaban J connectivity index is 2.99. The van der Waals surface area contributed by atoms with E-state index in [1.54, 1.807) is 0 Å². The molecule has 0 aliphatic carbocycles. The molecule has 0 aromatic carbocycles. The Bertz CT molecular complexity index is 76.4. The van der Waals surface area contributed by atoms with Crippen LogP contribution >= 0.6 is 11.6 Å². The number of halogens is 1. The number of nitrogens with one attached hydrogen (secondary N) is 1. The predicted molar refractivity (Wildman–Crippen MR) is 28.6 cm³/mol. The van der Waals surface area contributed by atoms with E-state index in [9.17, 15) is 9.90 Å². The Labute approximate surface area is 52.6 Å². The first-order chi connectivity index (χ1) is 3.81. The van der Waals surface area contributed by atoms with Gasteiger partial charge in [0.05, 0.1) is 0 Å². The first-order valence-corrected chi connectivity index (χ1v) is 2.75. The van der Waals surface area contributed by atoms with Gasteiger partial charge >= 0.3 is 0 Å². The number of hydrogen-bond acceptors (Lipinski definition) is 2. The van der Waals surface area contributed by atoms with Crippen LogP contribution in [0.25, 0.3) is 0 Å². The molecule has 0 atom stereocenters. The molecule has 4 heteroatoms. The maximum atomic E-state index is 10.2. The van der Waals surface area contributed by atoms with Crippen LogP contribution in [0, 0.1) is 0 Å². The van der Waals surface area contributed by atoms with Crippen LogP contribution in [0.5, 0.6) is 0 Å². The molecule has 3 nitrogen and oxygen atoms in total. The van der Waals surface area contributed by atoms with Gasteiger partial charge in [-0.15, -0.1) is 18.2 Å². The van der Waals surface area contributed by atoms with Crippen LogP contribution in [-0.4, -0.2) is 24.9 Å². The van der Waals surface area contributed by atoms with Crippen LogP contribution in [-0.2, 0) is 4.79 Å².